The van der Waals surface area contributed by atoms with E-state index in [0.717, 1.165) is 30.6 Å². The SMILES string of the molecule is C/C=C/C(=O)OC1CCC(C2CCC(CCC)CC2)CC1. The van der Waals surface area contributed by atoms with E-state index in [0.29, 0.717) is 0 Å². The predicted molar refractivity (Wildman–Crippen MR) is 87.0 cm³/mol. The molecule has 2 nitrogen and oxygen atoms in total. The molecule has 0 N–H and O–H groups in total. The third-order valence-electron chi connectivity index (χ3n) is 5.56. The normalized spacial score (nSPS) is 34.0. The Labute approximate surface area is 130 Å². The Morgan fingerprint density at radius 3 is 2.10 bits per heavy atom. The summed E-state index contributed by atoms with van der Waals surface area (Å²) < 4.78 is 5.49. The monoisotopic (exact) mass is 292 g/mol. The second-order valence-corrected chi connectivity index (χ2v) is 7.04. The number of hydrogen-bond donors (Lipinski definition) is 0. The molecule has 0 atom stereocenters. The van der Waals surface area contributed by atoms with Gasteiger partial charge in [0, 0.05) is 6.08 Å². The van der Waals surface area contributed by atoms with Gasteiger partial charge in [-0.05, 0) is 63.2 Å². The van der Waals surface area contributed by atoms with Gasteiger partial charge in [-0.25, -0.2) is 4.79 Å². The molecule has 0 aromatic rings. The second-order valence-electron chi connectivity index (χ2n) is 7.04. The molecule has 0 spiro atoms. The molecule has 0 amide bonds. The summed E-state index contributed by atoms with van der Waals surface area (Å²) in [5.41, 5.74) is 0. The van der Waals surface area contributed by atoms with Crippen LogP contribution in [0.1, 0.15) is 78.1 Å². The number of ether oxygens (including phenoxy) is 1. The van der Waals surface area contributed by atoms with Gasteiger partial charge in [-0.1, -0.05) is 38.7 Å². The number of rotatable bonds is 5. The highest BCUT2D eigenvalue weighted by atomic mass is 16.5. The van der Waals surface area contributed by atoms with Crippen molar-refractivity contribution < 1.29 is 9.53 Å². The van der Waals surface area contributed by atoms with Crippen LogP contribution in [0.3, 0.4) is 0 Å². The van der Waals surface area contributed by atoms with E-state index in [9.17, 15) is 4.79 Å². The molecule has 0 aliphatic heterocycles. The first-order valence-corrected chi connectivity index (χ1v) is 9.06. The minimum atomic E-state index is -0.166. The third kappa shape index (κ3) is 5.16. The Bertz CT molecular complexity index is 331. The molecule has 2 aliphatic carbocycles. The first-order chi connectivity index (χ1) is 10.2. The van der Waals surface area contributed by atoms with E-state index >= 15 is 0 Å². The highest BCUT2D eigenvalue weighted by Gasteiger charge is 2.31. The Morgan fingerprint density at radius 1 is 1.00 bits per heavy atom. The number of esters is 1. The Balaban J connectivity index is 1.68. The minimum absolute atomic E-state index is 0.166. The van der Waals surface area contributed by atoms with E-state index in [-0.39, 0.29) is 12.1 Å². The Morgan fingerprint density at radius 2 is 1.57 bits per heavy atom. The number of allylic oxidation sites excluding steroid dienone is 1. The van der Waals surface area contributed by atoms with Crippen LogP contribution in [0.25, 0.3) is 0 Å². The lowest BCUT2D eigenvalue weighted by Gasteiger charge is -2.37. The van der Waals surface area contributed by atoms with Gasteiger partial charge in [0.25, 0.3) is 0 Å². The maximum atomic E-state index is 11.5. The van der Waals surface area contributed by atoms with Crippen molar-refractivity contribution in [2.45, 2.75) is 84.2 Å². The molecule has 21 heavy (non-hydrogen) atoms. The average Bonchev–Trinajstić information content (AvgIpc) is 2.49. The van der Waals surface area contributed by atoms with Crippen LogP contribution in [0.4, 0.5) is 0 Å². The van der Waals surface area contributed by atoms with Gasteiger partial charge < -0.3 is 4.74 Å². The molecule has 2 saturated carbocycles. The van der Waals surface area contributed by atoms with Gasteiger partial charge in [0.2, 0.25) is 0 Å². The quantitative estimate of drug-likeness (QED) is 0.509. The molecule has 2 fully saturated rings. The zero-order valence-corrected chi connectivity index (χ0v) is 13.9. The first-order valence-electron chi connectivity index (χ1n) is 9.06. The van der Waals surface area contributed by atoms with Crippen molar-refractivity contribution in [1.29, 1.82) is 0 Å². The van der Waals surface area contributed by atoms with Crippen LogP contribution < -0.4 is 0 Å². The van der Waals surface area contributed by atoms with Gasteiger partial charge in [-0.15, -0.1) is 0 Å². The summed E-state index contributed by atoms with van der Waals surface area (Å²) in [6.07, 6.45) is 16.7. The van der Waals surface area contributed by atoms with Crippen molar-refractivity contribution in [3.8, 4) is 0 Å². The molecule has 0 aromatic carbocycles. The lowest BCUT2D eigenvalue weighted by atomic mass is 9.70. The third-order valence-corrected chi connectivity index (χ3v) is 5.56. The van der Waals surface area contributed by atoms with Crippen LogP contribution >= 0.6 is 0 Å². The van der Waals surface area contributed by atoms with Gasteiger partial charge in [-0.2, -0.15) is 0 Å². The lowest BCUT2D eigenvalue weighted by Crippen LogP contribution is -2.29. The van der Waals surface area contributed by atoms with Crippen molar-refractivity contribution in [3.63, 3.8) is 0 Å². The van der Waals surface area contributed by atoms with Gasteiger partial charge >= 0.3 is 5.97 Å². The van der Waals surface area contributed by atoms with E-state index in [1.54, 1.807) is 6.08 Å². The van der Waals surface area contributed by atoms with E-state index in [4.69, 9.17) is 4.74 Å². The Hall–Kier alpha value is -0.790. The largest absolute Gasteiger partial charge is 0.459 e. The minimum Gasteiger partial charge on any atom is -0.459 e. The lowest BCUT2D eigenvalue weighted by molar-refractivity contribution is -0.145. The number of carbonyl (C=O) groups is 1. The number of hydrogen-bond acceptors (Lipinski definition) is 2. The van der Waals surface area contributed by atoms with Gasteiger partial charge in [-0.3, -0.25) is 0 Å². The van der Waals surface area contributed by atoms with Crippen molar-refractivity contribution in [3.05, 3.63) is 12.2 Å². The van der Waals surface area contributed by atoms with Crippen molar-refractivity contribution in [2.24, 2.45) is 17.8 Å². The highest BCUT2D eigenvalue weighted by molar-refractivity contribution is 5.81. The second kappa shape index (κ2) is 8.60. The van der Waals surface area contributed by atoms with Gasteiger partial charge in [0.15, 0.2) is 0 Å². The summed E-state index contributed by atoms with van der Waals surface area (Å²) in [7, 11) is 0. The maximum absolute atomic E-state index is 11.5. The van der Waals surface area contributed by atoms with Gasteiger partial charge in [0.1, 0.15) is 6.10 Å². The number of carbonyl (C=O) groups excluding carboxylic acids is 1. The topological polar surface area (TPSA) is 26.3 Å². The molecule has 2 rings (SSSR count). The van der Waals surface area contributed by atoms with Crippen LogP contribution in [0.15, 0.2) is 12.2 Å². The van der Waals surface area contributed by atoms with Crippen molar-refractivity contribution >= 4 is 5.97 Å². The molecule has 2 aliphatic rings. The highest BCUT2D eigenvalue weighted by Crippen LogP contribution is 2.41. The molecule has 0 saturated heterocycles. The molecule has 120 valence electrons. The summed E-state index contributed by atoms with van der Waals surface area (Å²) in [6, 6.07) is 0. The molecule has 0 unspecified atom stereocenters. The molecule has 0 bridgehead atoms. The van der Waals surface area contributed by atoms with Crippen LogP contribution in [-0.4, -0.2) is 12.1 Å². The van der Waals surface area contributed by atoms with E-state index < -0.39 is 0 Å². The molecular formula is C19H32O2. The van der Waals surface area contributed by atoms with Crippen LogP contribution in [0.5, 0.6) is 0 Å². The summed E-state index contributed by atoms with van der Waals surface area (Å²) in [6.45, 7) is 4.16. The summed E-state index contributed by atoms with van der Waals surface area (Å²) in [5.74, 6) is 2.68. The van der Waals surface area contributed by atoms with Crippen LogP contribution in [-0.2, 0) is 9.53 Å². The smallest absolute Gasteiger partial charge is 0.330 e. The van der Waals surface area contributed by atoms with Crippen LogP contribution in [0, 0.1) is 17.8 Å². The van der Waals surface area contributed by atoms with E-state index in [1.807, 2.05) is 6.92 Å². The van der Waals surface area contributed by atoms with Gasteiger partial charge in [0.05, 0.1) is 0 Å². The van der Waals surface area contributed by atoms with Crippen molar-refractivity contribution in [1.82, 2.24) is 0 Å². The standard InChI is InChI=1S/C19H32O2/c1-3-5-15-7-9-16(10-8-15)17-11-13-18(14-12-17)21-19(20)6-4-2/h4,6,15-18H,3,5,7-14H2,1-2H3/b6-4+. The van der Waals surface area contributed by atoms with Crippen LogP contribution in [0.2, 0.25) is 0 Å². The average molecular weight is 292 g/mol. The molecular weight excluding hydrogens is 260 g/mol. The maximum Gasteiger partial charge on any atom is 0.330 e. The Kier molecular flexibility index (Phi) is 6.79. The fourth-order valence-electron chi connectivity index (χ4n) is 4.37. The molecule has 0 radical (unpaired) electrons. The zero-order valence-electron chi connectivity index (χ0n) is 13.9. The summed E-state index contributed by atoms with van der Waals surface area (Å²) >= 11 is 0. The van der Waals surface area contributed by atoms with Crippen molar-refractivity contribution in [2.75, 3.05) is 0 Å². The predicted octanol–water partition coefficient (Wildman–Crippen LogP) is 5.27. The molecule has 2 heteroatoms. The first kappa shape index (κ1) is 16.6. The summed E-state index contributed by atoms with van der Waals surface area (Å²) in [4.78, 5) is 11.5. The fraction of sp³-hybridized carbons (Fsp3) is 0.842. The van der Waals surface area contributed by atoms with E-state index in [1.165, 1.54) is 57.4 Å². The van der Waals surface area contributed by atoms with E-state index in [2.05, 4.69) is 6.92 Å². The zero-order chi connectivity index (χ0) is 15.1. The molecule has 0 aromatic heterocycles. The molecule has 0 heterocycles. The summed E-state index contributed by atoms with van der Waals surface area (Å²) in [5, 5.41) is 0. The fourth-order valence-corrected chi connectivity index (χ4v) is 4.37.